The second-order valence-corrected chi connectivity index (χ2v) is 6.38. The first kappa shape index (κ1) is 13.1. The molecule has 0 spiro atoms. The fourth-order valence-corrected chi connectivity index (χ4v) is 3.12. The van der Waals surface area contributed by atoms with Gasteiger partial charge in [-0.1, -0.05) is 5.16 Å². The Morgan fingerprint density at radius 1 is 1.47 bits per heavy atom. The van der Waals surface area contributed by atoms with Crippen molar-refractivity contribution in [3.63, 3.8) is 0 Å². The average molecular weight is 264 g/mol. The number of hydrogen-bond acceptors (Lipinski definition) is 5. The summed E-state index contributed by atoms with van der Waals surface area (Å²) in [6.45, 7) is 9.75. The highest BCUT2D eigenvalue weighted by Gasteiger charge is 2.45. The van der Waals surface area contributed by atoms with Gasteiger partial charge in [-0.15, -0.1) is 0 Å². The molecule has 1 aliphatic heterocycles. The zero-order valence-electron chi connectivity index (χ0n) is 12.1. The Bertz CT molecular complexity index is 442. The van der Waals surface area contributed by atoms with E-state index < -0.39 is 0 Å². The number of rotatable bonds is 4. The lowest BCUT2D eigenvalue weighted by atomic mass is 9.91. The SMILES string of the molecule is Cc1noc(CCN2CC(C)(C3CC3)NCC2C)n1. The molecular formula is C14H24N4O. The van der Waals surface area contributed by atoms with E-state index in [0.717, 1.165) is 43.7 Å². The molecule has 5 nitrogen and oxygen atoms in total. The summed E-state index contributed by atoms with van der Waals surface area (Å²) < 4.78 is 5.20. The van der Waals surface area contributed by atoms with Gasteiger partial charge in [0.2, 0.25) is 5.89 Å². The smallest absolute Gasteiger partial charge is 0.227 e. The topological polar surface area (TPSA) is 54.2 Å². The first-order chi connectivity index (χ1) is 9.07. The lowest BCUT2D eigenvalue weighted by Gasteiger charge is -2.45. The van der Waals surface area contributed by atoms with E-state index in [1.807, 2.05) is 6.92 Å². The van der Waals surface area contributed by atoms with Crippen LogP contribution in [-0.2, 0) is 6.42 Å². The van der Waals surface area contributed by atoms with Crippen LogP contribution in [-0.4, -0.2) is 46.3 Å². The predicted molar refractivity (Wildman–Crippen MR) is 72.9 cm³/mol. The van der Waals surface area contributed by atoms with Crippen LogP contribution in [0.25, 0.3) is 0 Å². The molecule has 106 valence electrons. The van der Waals surface area contributed by atoms with Crippen LogP contribution in [0.3, 0.4) is 0 Å². The van der Waals surface area contributed by atoms with E-state index in [-0.39, 0.29) is 0 Å². The van der Waals surface area contributed by atoms with Gasteiger partial charge < -0.3 is 9.84 Å². The molecule has 3 rings (SSSR count). The highest BCUT2D eigenvalue weighted by molar-refractivity contribution is 5.03. The minimum atomic E-state index is 0.303. The van der Waals surface area contributed by atoms with Gasteiger partial charge >= 0.3 is 0 Å². The molecule has 2 unspecified atom stereocenters. The molecule has 1 saturated heterocycles. The normalized spacial score (nSPS) is 32.7. The Labute approximate surface area is 114 Å². The van der Waals surface area contributed by atoms with Crippen LogP contribution in [0, 0.1) is 12.8 Å². The number of nitrogens with zero attached hydrogens (tertiary/aromatic N) is 3. The molecule has 2 heterocycles. The van der Waals surface area contributed by atoms with E-state index in [2.05, 4.69) is 34.2 Å². The number of aryl methyl sites for hydroxylation is 1. The molecule has 1 aliphatic carbocycles. The molecule has 1 aromatic rings. The standard InChI is InChI=1S/C14H24N4O/c1-10-8-15-14(3,12-4-5-12)9-18(10)7-6-13-16-11(2)17-19-13/h10,12,15H,4-9H2,1-3H3. The van der Waals surface area contributed by atoms with Gasteiger partial charge in [0, 0.05) is 37.6 Å². The van der Waals surface area contributed by atoms with Crippen molar-refractivity contribution < 1.29 is 4.52 Å². The number of hydrogen-bond donors (Lipinski definition) is 1. The van der Waals surface area contributed by atoms with Gasteiger partial charge in [-0.25, -0.2) is 0 Å². The van der Waals surface area contributed by atoms with Crippen LogP contribution in [0.15, 0.2) is 4.52 Å². The second kappa shape index (κ2) is 4.87. The third kappa shape index (κ3) is 2.82. The van der Waals surface area contributed by atoms with Crippen LogP contribution in [0.2, 0.25) is 0 Å². The molecule has 2 fully saturated rings. The van der Waals surface area contributed by atoms with Crippen LogP contribution >= 0.6 is 0 Å². The summed E-state index contributed by atoms with van der Waals surface area (Å²) in [6.07, 6.45) is 3.62. The van der Waals surface area contributed by atoms with Gasteiger partial charge in [-0.3, -0.25) is 4.90 Å². The lowest BCUT2D eigenvalue weighted by molar-refractivity contribution is 0.0824. The summed E-state index contributed by atoms with van der Waals surface area (Å²) in [5.74, 6) is 2.36. The third-order valence-corrected chi connectivity index (χ3v) is 4.62. The quantitative estimate of drug-likeness (QED) is 0.890. The molecule has 0 amide bonds. The van der Waals surface area contributed by atoms with Gasteiger partial charge in [-0.05, 0) is 39.5 Å². The highest BCUT2D eigenvalue weighted by Crippen LogP contribution is 2.41. The minimum absolute atomic E-state index is 0.303. The van der Waals surface area contributed by atoms with E-state index in [1.54, 1.807) is 0 Å². The van der Waals surface area contributed by atoms with Gasteiger partial charge in [-0.2, -0.15) is 4.98 Å². The van der Waals surface area contributed by atoms with Crippen molar-refractivity contribution in [3.8, 4) is 0 Å². The van der Waals surface area contributed by atoms with Crippen molar-refractivity contribution in [3.05, 3.63) is 11.7 Å². The molecule has 1 saturated carbocycles. The Kier molecular flexibility index (Phi) is 3.35. The summed E-state index contributed by atoms with van der Waals surface area (Å²) in [5, 5.41) is 7.60. The maximum absolute atomic E-state index is 5.20. The molecule has 0 aromatic carbocycles. The van der Waals surface area contributed by atoms with Crippen LogP contribution in [0.5, 0.6) is 0 Å². The molecule has 19 heavy (non-hydrogen) atoms. The maximum atomic E-state index is 5.20. The molecule has 1 aromatic heterocycles. The van der Waals surface area contributed by atoms with Crippen molar-refractivity contribution in [1.29, 1.82) is 0 Å². The molecule has 2 aliphatic rings. The van der Waals surface area contributed by atoms with Gasteiger partial charge in [0.05, 0.1) is 0 Å². The van der Waals surface area contributed by atoms with Crippen LogP contribution in [0.1, 0.15) is 38.4 Å². The Morgan fingerprint density at radius 3 is 2.89 bits per heavy atom. The Morgan fingerprint density at radius 2 is 2.26 bits per heavy atom. The summed E-state index contributed by atoms with van der Waals surface area (Å²) in [5.41, 5.74) is 0.303. The second-order valence-electron chi connectivity index (χ2n) is 6.38. The lowest BCUT2D eigenvalue weighted by Crippen LogP contribution is -2.63. The minimum Gasteiger partial charge on any atom is -0.339 e. The Balaban J connectivity index is 1.59. The van der Waals surface area contributed by atoms with Crippen molar-refractivity contribution in [2.45, 2.75) is 51.6 Å². The van der Waals surface area contributed by atoms with E-state index in [0.29, 0.717) is 11.6 Å². The maximum Gasteiger partial charge on any atom is 0.227 e. The Hall–Kier alpha value is -0.940. The van der Waals surface area contributed by atoms with E-state index in [4.69, 9.17) is 4.52 Å². The number of aromatic nitrogens is 2. The summed E-state index contributed by atoms with van der Waals surface area (Å²) in [6, 6.07) is 0.579. The van der Waals surface area contributed by atoms with Crippen LogP contribution in [0.4, 0.5) is 0 Å². The van der Waals surface area contributed by atoms with Crippen molar-refractivity contribution in [1.82, 2.24) is 20.4 Å². The molecule has 1 N–H and O–H groups in total. The predicted octanol–water partition coefficient (Wildman–Crippen LogP) is 1.38. The molecule has 0 radical (unpaired) electrons. The average Bonchev–Trinajstić information content (AvgIpc) is 3.16. The van der Waals surface area contributed by atoms with E-state index in [9.17, 15) is 0 Å². The zero-order valence-corrected chi connectivity index (χ0v) is 12.1. The number of piperazine rings is 1. The summed E-state index contributed by atoms with van der Waals surface area (Å²) >= 11 is 0. The molecule has 2 atom stereocenters. The fraction of sp³-hybridized carbons (Fsp3) is 0.857. The first-order valence-electron chi connectivity index (χ1n) is 7.35. The highest BCUT2D eigenvalue weighted by atomic mass is 16.5. The van der Waals surface area contributed by atoms with Gasteiger partial charge in [0.1, 0.15) is 0 Å². The third-order valence-electron chi connectivity index (χ3n) is 4.62. The van der Waals surface area contributed by atoms with Gasteiger partial charge in [0.25, 0.3) is 0 Å². The molecule has 0 bridgehead atoms. The fourth-order valence-electron chi connectivity index (χ4n) is 3.12. The van der Waals surface area contributed by atoms with E-state index in [1.165, 1.54) is 12.8 Å². The summed E-state index contributed by atoms with van der Waals surface area (Å²) in [7, 11) is 0. The first-order valence-corrected chi connectivity index (χ1v) is 7.35. The van der Waals surface area contributed by atoms with E-state index >= 15 is 0 Å². The van der Waals surface area contributed by atoms with Crippen molar-refractivity contribution >= 4 is 0 Å². The van der Waals surface area contributed by atoms with Crippen LogP contribution < -0.4 is 5.32 Å². The largest absolute Gasteiger partial charge is 0.339 e. The zero-order chi connectivity index (χ0) is 13.5. The van der Waals surface area contributed by atoms with Crippen molar-refractivity contribution in [2.75, 3.05) is 19.6 Å². The number of nitrogens with one attached hydrogen (secondary N) is 1. The van der Waals surface area contributed by atoms with Gasteiger partial charge in [0.15, 0.2) is 5.82 Å². The van der Waals surface area contributed by atoms with Crippen molar-refractivity contribution in [2.24, 2.45) is 5.92 Å². The monoisotopic (exact) mass is 264 g/mol. The summed E-state index contributed by atoms with van der Waals surface area (Å²) in [4.78, 5) is 6.85. The molecular weight excluding hydrogens is 240 g/mol. The molecule has 5 heteroatoms.